The standard InChI is InChI=1S/C10H13N3O/c1-7(11)9-3-4-10(14-9)8-5-12-13(2)6-8/h3-7H,11H2,1-2H3. The molecule has 0 fully saturated rings. The van der Waals surface area contributed by atoms with Crippen LogP contribution in [-0.2, 0) is 7.05 Å². The highest BCUT2D eigenvalue weighted by atomic mass is 16.3. The molecule has 4 heteroatoms. The number of nitrogens with two attached hydrogens (primary N) is 1. The minimum atomic E-state index is -0.0691. The van der Waals surface area contributed by atoms with Crippen LogP contribution in [0.1, 0.15) is 18.7 Å². The van der Waals surface area contributed by atoms with Crippen LogP contribution in [-0.4, -0.2) is 9.78 Å². The molecule has 4 nitrogen and oxygen atoms in total. The van der Waals surface area contributed by atoms with Crippen LogP contribution in [0.2, 0.25) is 0 Å². The Hall–Kier alpha value is -1.55. The SMILES string of the molecule is CC(N)c1ccc(-c2cnn(C)c2)o1. The molecule has 14 heavy (non-hydrogen) atoms. The minimum absolute atomic E-state index is 0.0691. The monoisotopic (exact) mass is 191 g/mol. The Kier molecular flexibility index (Phi) is 2.13. The van der Waals surface area contributed by atoms with Gasteiger partial charge in [0.05, 0.1) is 17.8 Å². The lowest BCUT2D eigenvalue weighted by Gasteiger charge is -1.98. The highest BCUT2D eigenvalue weighted by Crippen LogP contribution is 2.23. The van der Waals surface area contributed by atoms with E-state index in [4.69, 9.17) is 10.2 Å². The van der Waals surface area contributed by atoms with Gasteiger partial charge in [0.1, 0.15) is 11.5 Å². The van der Waals surface area contributed by atoms with E-state index in [-0.39, 0.29) is 6.04 Å². The number of rotatable bonds is 2. The number of nitrogens with zero attached hydrogens (tertiary/aromatic N) is 2. The molecular weight excluding hydrogens is 178 g/mol. The van der Waals surface area contributed by atoms with Gasteiger partial charge in [-0.15, -0.1) is 0 Å². The summed E-state index contributed by atoms with van der Waals surface area (Å²) in [5.41, 5.74) is 6.67. The van der Waals surface area contributed by atoms with Crippen LogP contribution in [0.3, 0.4) is 0 Å². The second-order valence-electron chi connectivity index (χ2n) is 3.39. The molecule has 1 atom stereocenters. The summed E-state index contributed by atoms with van der Waals surface area (Å²) >= 11 is 0. The van der Waals surface area contributed by atoms with Crippen LogP contribution < -0.4 is 5.73 Å². The lowest BCUT2D eigenvalue weighted by Crippen LogP contribution is -2.02. The maximum atomic E-state index is 5.70. The number of aryl methyl sites for hydroxylation is 1. The third-order valence-electron chi connectivity index (χ3n) is 2.06. The van der Waals surface area contributed by atoms with Crippen molar-refractivity contribution < 1.29 is 4.42 Å². The van der Waals surface area contributed by atoms with E-state index >= 15 is 0 Å². The third-order valence-corrected chi connectivity index (χ3v) is 2.06. The minimum Gasteiger partial charge on any atom is -0.459 e. The van der Waals surface area contributed by atoms with Gasteiger partial charge < -0.3 is 10.2 Å². The number of hydrogen-bond acceptors (Lipinski definition) is 3. The largest absolute Gasteiger partial charge is 0.459 e. The van der Waals surface area contributed by atoms with E-state index in [1.54, 1.807) is 10.9 Å². The molecule has 0 bridgehead atoms. The van der Waals surface area contributed by atoms with E-state index < -0.39 is 0 Å². The summed E-state index contributed by atoms with van der Waals surface area (Å²) in [5.74, 6) is 1.61. The highest BCUT2D eigenvalue weighted by molar-refractivity contribution is 5.55. The van der Waals surface area contributed by atoms with Gasteiger partial charge in [0.2, 0.25) is 0 Å². The highest BCUT2D eigenvalue weighted by Gasteiger charge is 2.08. The summed E-state index contributed by atoms with van der Waals surface area (Å²) in [5, 5.41) is 4.07. The molecule has 2 N–H and O–H groups in total. The van der Waals surface area contributed by atoms with Crippen molar-refractivity contribution >= 4 is 0 Å². The molecule has 0 saturated heterocycles. The van der Waals surface area contributed by atoms with Gasteiger partial charge in [-0.2, -0.15) is 5.10 Å². The van der Waals surface area contributed by atoms with Gasteiger partial charge in [0.15, 0.2) is 0 Å². The first-order chi connectivity index (χ1) is 6.66. The second-order valence-corrected chi connectivity index (χ2v) is 3.39. The first kappa shape index (κ1) is 9.02. The van der Waals surface area contributed by atoms with E-state index in [1.165, 1.54) is 0 Å². The first-order valence-corrected chi connectivity index (χ1v) is 4.51. The van der Waals surface area contributed by atoms with Gasteiger partial charge >= 0.3 is 0 Å². The van der Waals surface area contributed by atoms with Crippen molar-refractivity contribution in [3.63, 3.8) is 0 Å². The van der Waals surface area contributed by atoms with E-state index in [9.17, 15) is 0 Å². The predicted octanol–water partition coefficient (Wildman–Crippen LogP) is 1.70. The summed E-state index contributed by atoms with van der Waals surface area (Å²) < 4.78 is 7.31. The van der Waals surface area contributed by atoms with Gasteiger partial charge in [0.25, 0.3) is 0 Å². The molecule has 2 heterocycles. The van der Waals surface area contributed by atoms with Crippen molar-refractivity contribution in [1.82, 2.24) is 9.78 Å². The zero-order valence-corrected chi connectivity index (χ0v) is 8.27. The fourth-order valence-electron chi connectivity index (χ4n) is 1.30. The molecule has 2 aromatic rings. The van der Waals surface area contributed by atoms with Gasteiger partial charge in [-0.25, -0.2) is 0 Å². The number of furan rings is 1. The van der Waals surface area contributed by atoms with E-state index in [2.05, 4.69) is 5.10 Å². The Morgan fingerprint density at radius 1 is 1.50 bits per heavy atom. The summed E-state index contributed by atoms with van der Waals surface area (Å²) in [4.78, 5) is 0. The van der Waals surface area contributed by atoms with Crippen molar-refractivity contribution in [1.29, 1.82) is 0 Å². The molecular formula is C10H13N3O. The molecule has 0 aromatic carbocycles. The molecule has 0 spiro atoms. The second kappa shape index (κ2) is 3.31. The smallest absolute Gasteiger partial charge is 0.137 e. The van der Waals surface area contributed by atoms with Crippen LogP contribution in [0.4, 0.5) is 0 Å². The fraction of sp³-hybridized carbons (Fsp3) is 0.300. The first-order valence-electron chi connectivity index (χ1n) is 4.51. The van der Waals surface area contributed by atoms with Crippen molar-refractivity contribution in [2.24, 2.45) is 12.8 Å². The lowest BCUT2D eigenvalue weighted by atomic mass is 10.2. The Labute approximate surface area is 82.3 Å². The summed E-state index contributed by atoms with van der Waals surface area (Å²) in [7, 11) is 1.87. The van der Waals surface area contributed by atoms with Crippen LogP contribution in [0, 0.1) is 0 Å². The average Bonchev–Trinajstić information content (AvgIpc) is 2.70. The summed E-state index contributed by atoms with van der Waals surface area (Å²) in [6, 6.07) is 3.74. The maximum Gasteiger partial charge on any atom is 0.137 e. The van der Waals surface area contributed by atoms with E-state index in [0.717, 1.165) is 17.1 Å². The van der Waals surface area contributed by atoms with Crippen molar-refractivity contribution in [3.8, 4) is 11.3 Å². The normalized spacial score (nSPS) is 13.1. The molecule has 2 rings (SSSR count). The Balaban J connectivity index is 2.33. The van der Waals surface area contributed by atoms with Crippen molar-refractivity contribution in [3.05, 3.63) is 30.3 Å². The average molecular weight is 191 g/mol. The lowest BCUT2D eigenvalue weighted by molar-refractivity contribution is 0.491. The molecule has 0 radical (unpaired) electrons. The Bertz CT molecular complexity index is 428. The van der Waals surface area contributed by atoms with Gasteiger partial charge in [0, 0.05) is 13.2 Å². The Morgan fingerprint density at radius 2 is 2.29 bits per heavy atom. The molecule has 1 unspecified atom stereocenters. The molecule has 0 aliphatic carbocycles. The molecule has 2 aromatic heterocycles. The van der Waals surface area contributed by atoms with E-state index in [1.807, 2.05) is 32.3 Å². The Morgan fingerprint density at radius 3 is 2.79 bits per heavy atom. The van der Waals surface area contributed by atoms with E-state index in [0.29, 0.717) is 0 Å². The molecule has 0 aliphatic rings. The molecule has 0 amide bonds. The van der Waals surface area contributed by atoms with Gasteiger partial charge in [-0.1, -0.05) is 0 Å². The molecule has 74 valence electrons. The topological polar surface area (TPSA) is 57.0 Å². The summed E-state index contributed by atoms with van der Waals surface area (Å²) in [6.07, 6.45) is 3.67. The van der Waals surface area contributed by atoms with Crippen LogP contribution in [0.5, 0.6) is 0 Å². The van der Waals surface area contributed by atoms with Crippen LogP contribution >= 0.6 is 0 Å². The van der Waals surface area contributed by atoms with Crippen molar-refractivity contribution in [2.75, 3.05) is 0 Å². The third kappa shape index (κ3) is 1.56. The van der Waals surface area contributed by atoms with Crippen molar-refractivity contribution in [2.45, 2.75) is 13.0 Å². The maximum absolute atomic E-state index is 5.70. The zero-order chi connectivity index (χ0) is 10.1. The number of hydrogen-bond donors (Lipinski definition) is 1. The quantitative estimate of drug-likeness (QED) is 0.786. The van der Waals surface area contributed by atoms with Crippen LogP contribution in [0.25, 0.3) is 11.3 Å². The molecule has 0 aliphatic heterocycles. The van der Waals surface area contributed by atoms with Crippen LogP contribution in [0.15, 0.2) is 28.9 Å². The molecule has 0 saturated carbocycles. The summed E-state index contributed by atoms with van der Waals surface area (Å²) in [6.45, 7) is 1.89. The van der Waals surface area contributed by atoms with Gasteiger partial charge in [-0.3, -0.25) is 4.68 Å². The fourth-order valence-corrected chi connectivity index (χ4v) is 1.30. The van der Waals surface area contributed by atoms with Gasteiger partial charge in [-0.05, 0) is 19.1 Å². The predicted molar refractivity (Wildman–Crippen MR) is 53.5 cm³/mol. The zero-order valence-electron chi connectivity index (χ0n) is 8.27. The number of aromatic nitrogens is 2.